The third kappa shape index (κ3) is 4.97. The van der Waals surface area contributed by atoms with Crippen LogP contribution in [0.3, 0.4) is 0 Å². The molecule has 2 aromatic carbocycles. The Morgan fingerprint density at radius 2 is 1.62 bits per heavy atom. The Labute approximate surface area is 172 Å². The van der Waals surface area contributed by atoms with E-state index in [-0.39, 0.29) is 24.0 Å². The molecule has 0 aromatic heterocycles. The third-order valence-electron chi connectivity index (χ3n) is 5.75. The standard InChI is InChI=1S/C24H28N2O3/c1-17(18-5-3-2-4-6-18)25-23(27)19-9-11-21(12-10-19)29-22-13-15-26(16-14-22)24(28)20-7-8-20/h2-6,9-12,17,20,22H,7-8,13-16H2,1H3,(H,25,27). The molecule has 2 amide bonds. The number of nitrogens with zero attached hydrogens (tertiary/aromatic N) is 1. The molecule has 2 aliphatic rings. The molecule has 152 valence electrons. The van der Waals surface area contributed by atoms with Crippen molar-refractivity contribution in [2.45, 2.75) is 44.8 Å². The molecule has 5 nitrogen and oxygen atoms in total. The van der Waals surface area contributed by atoms with Crippen LogP contribution in [0.2, 0.25) is 0 Å². The molecule has 0 bridgehead atoms. The first-order valence-electron chi connectivity index (χ1n) is 10.5. The van der Waals surface area contributed by atoms with Crippen LogP contribution in [0, 0.1) is 5.92 Å². The number of amides is 2. The summed E-state index contributed by atoms with van der Waals surface area (Å²) in [6.07, 6.45) is 3.94. The fourth-order valence-electron chi connectivity index (χ4n) is 3.76. The van der Waals surface area contributed by atoms with Crippen LogP contribution in [0.15, 0.2) is 54.6 Å². The van der Waals surface area contributed by atoms with Gasteiger partial charge in [-0.15, -0.1) is 0 Å². The smallest absolute Gasteiger partial charge is 0.251 e. The van der Waals surface area contributed by atoms with Gasteiger partial charge in [-0.2, -0.15) is 0 Å². The lowest BCUT2D eigenvalue weighted by Gasteiger charge is -2.32. The highest BCUT2D eigenvalue weighted by Crippen LogP contribution is 2.32. The van der Waals surface area contributed by atoms with Crippen LogP contribution < -0.4 is 10.1 Å². The van der Waals surface area contributed by atoms with Gasteiger partial charge < -0.3 is 15.0 Å². The van der Waals surface area contributed by atoms with Gasteiger partial charge in [-0.1, -0.05) is 30.3 Å². The van der Waals surface area contributed by atoms with E-state index in [2.05, 4.69) is 5.32 Å². The monoisotopic (exact) mass is 392 g/mol. The Kier molecular flexibility index (Phi) is 5.84. The van der Waals surface area contributed by atoms with E-state index < -0.39 is 0 Å². The van der Waals surface area contributed by atoms with Crippen molar-refractivity contribution in [1.82, 2.24) is 10.2 Å². The lowest BCUT2D eigenvalue weighted by atomic mass is 10.1. The van der Waals surface area contributed by atoms with Crippen LogP contribution in [0.25, 0.3) is 0 Å². The maximum absolute atomic E-state index is 12.5. The highest BCUT2D eigenvalue weighted by molar-refractivity contribution is 5.94. The largest absolute Gasteiger partial charge is 0.490 e. The maximum Gasteiger partial charge on any atom is 0.251 e. The van der Waals surface area contributed by atoms with Crippen molar-refractivity contribution < 1.29 is 14.3 Å². The van der Waals surface area contributed by atoms with Crippen LogP contribution in [-0.4, -0.2) is 35.9 Å². The number of carbonyl (C=O) groups is 2. The zero-order valence-electron chi connectivity index (χ0n) is 16.8. The summed E-state index contributed by atoms with van der Waals surface area (Å²) in [5.41, 5.74) is 1.69. The van der Waals surface area contributed by atoms with E-state index in [1.54, 1.807) is 12.1 Å². The van der Waals surface area contributed by atoms with Crippen molar-refractivity contribution in [3.05, 3.63) is 65.7 Å². The molecule has 0 radical (unpaired) electrons. The zero-order chi connectivity index (χ0) is 20.2. The van der Waals surface area contributed by atoms with E-state index in [0.29, 0.717) is 11.5 Å². The summed E-state index contributed by atoms with van der Waals surface area (Å²) in [6.45, 7) is 3.53. The lowest BCUT2D eigenvalue weighted by Crippen LogP contribution is -2.42. The van der Waals surface area contributed by atoms with E-state index >= 15 is 0 Å². The molecular formula is C24H28N2O3. The quantitative estimate of drug-likeness (QED) is 0.810. The number of benzene rings is 2. The molecular weight excluding hydrogens is 364 g/mol. The minimum absolute atomic E-state index is 0.0526. The van der Waals surface area contributed by atoms with Gasteiger partial charge in [0, 0.05) is 37.4 Å². The fourth-order valence-corrected chi connectivity index (χ4v) is 3.76. The molecule has 29 heavy (non-hydrogen) atoms. The predicted molar refractivity (Wildman–Crippen MR) is 112 cm³/mol. The Morgan fingerprint density at radius 3 is 2.24 bits per heavy atom. The molecule has 0 spiro atoms. The summed E-state index contributed by atoms with van der Waals surface area (Å²) >= 11 is 0. The number of hydrogen-bond donors (Lipinski definition) is 1. The van der Waals surface area contributed by atoms with Gasteiger partial charge in [0.1, 0.15) is 11.9 Å². The van der Waals surface area contributed by atoms with Gasteiger partial charge in [0.15, 0.2) is 0 Å². The maximum atomic E-state index is 12.5. The fraction of sp³-hybridized carbons (Fsp3) is 0.417. The summed E-state index contributed by atoms with van der Waals surface area (Å²) in [5, 5.41) is 3.03. The Balaban J connectivity index is 1.27. The minimum Gasteiger partial charge on any atom is -0.490 e. The molecule has 1 aliphatic heterocycles. The summed E-state index contributed by atoms with van der Waals surface area (Å²) < 4.78 is 6.07. The van der Waals surface area contributed by atoms with Gasteiger partial charge in [-0.05, 0) is 49.6 Å². The normalized spacial score (nSPS) is 18.2. The Hall–Kier alpha value is -2.82. The van der Waals surface area contributed by atoms with Crippen LogP contribution in [-0.2, 0) is 4.79 Å². The van der Waals surface area contributed by atoms with Crippen LogP contribution in [0.4, 0.5) is 0 Å². The van der Waals surface area contributed by atoms with E-state index in [0.717, 1.165) is 50.1 Å². The first kappa shape index (κ1) is 19.5. The molecule has 1 N–H and O–H groups in total. The van der Waals surface area contributed by atoms with Gasteiger partial charge in [0.2, 0.25) is 5.91 Å². The van der Waals surface area contributed by atoms with Crippen molar-refractivity contribution in [3.63, 3.8) is 0 Å². The minimum atomic E-state index is -0.0974. The zero-order valence-corrected chi connectivity index (χ0v) is 16.8. The van der Waals surface area contributed by atoms with Crippen molar-refractivity contribution >= 4 is 11.8 Å². The topological polar surface area (TPSA) is 58.6 Å². The molecule has 4 rings (SSSR count). The van der Waals surface area contributed by atoms with Crippen molar-refractivity contribution in [1.29, 1.82) is 0 Å². The van der Waals surface area contributed by atoms with Crippen LogP contribution >= 0.6 is 0 Å². The van der Waals surface area contributed by atoms with E-state index in [1.165, 1.54) is 0 Å². The van der Waals surface area contributed by atoms with Crippen molar-refractivity contribution in [2.24, 2.45) is 5.92 Å². The summed E-state index contributed by atoms with van der Waals surface area (Å²) in [6, 6.07) is 17.2. The van der Waals surface area contributed by atoms with E-state index in [9.17, 15) is 9.59 Å². The van der Waals surface area contributed by atoms with Crippen LogP contribution in [0.5, 0.6) is 5.75 Å². The molecule has 2 fully saturated rings. The number of ether oxygens (including phenoxy) is 1. The molecule has 1 aliphatic carbocycles. The van der Waals surface area contributed by atoms with Gasteiger partial charge >= 0.3 is 0 Å². The molecule has 1 unspecified atom stereocenters. The second-order valence-corrected chi connectivity index (χ2v) is 8.05. The number of rotatable bonds is 6. The average Bonchev–Trinajstić information content (AvgIpc) is 3.60. The van der Waals surface area contributed by atoms with Crippen molar-refractivity contribution in [3.8, 4) is 5.75 Å². The van der Waals surface area contributed by atoms with E-state index in [4.69, 9.17) is 4.74 Å². The summed E-state index contributed by atoms with van der Waals surface area (Å²) in [5.74, 6) is 1.28. The van der Waals surface area contributed by atoms with E-state index in [1.807, 2.05) is 54.3 Å². The first-order valence-corrected chi connectivity index (χ1v) is 10.5. The summed E-state index contributed by atoms with van der Waals surface area (Å²) in [4.78, 5) is 26.6. The molecule has 5 heteroatoms. The average molecular weight is 392 g/mol. The number of carbonyl (C=O) groups excluding carboxylic acids is 2. The highest BCUT2D eigenvalue weighted by Gasteiger charge is 2.35. The first-order chi connectivity index (χ1) is 14.1. The third-order valence-corrected chi connectivity index (χ3v) is 5.75. The second kappa shape index (κ2) is 8.68. The summed E-state index contributed by atoms with van der Waals surface area (Å²) in [7, 11) is 0. The number of likely N-dealkylation sites (tertiary alicyclic amines) is 1. The highest BCUT2D eigenvalue weighted by atomic mass is 16.5. The van der Waals surface area contributed by atoms with Gasteiger partial charge in [0.05, 0.1) is 6.04 Å². The second-order valence-electron chi connectivity index (χ2n) is 8.05. The Bertz CT molecular complexity index is 838. The number of nitrogens with one attached hydrogen (secondary N) is 1. The molecule has 1 atom stereocenters. The number of piperidine rings is 1. The molecule has 1 saturated heterocycles. The SMILES string of the molecule is CC(NC(=O)c1ccc(OC2CCN(C(=O)C3CC3)CC2)cc1)c1ccccc1. The van der Waals surface area contributed by atoms with Gasteiger partial charge in [-0.3, -0.25) is 9.59 Å². The lowest BCUT2D eigenvalue weighted by molar-refractivity contribution is -0.134. The molecule has 2 aromatic rings. The molecule has 1 saturated carbocycles. The van der Waals surface area contributed by atoms with Crippen molar-refractivity contribution in [2.75, 3.05) is 13.1 Å². The van der Waals surface area contributed by atoms with Gasteiger partial charge in [0.25, 0.3) is 5.91 Å². The number of hydrogen-bond acceptors (Lipinski definition) is 3. The van der Waals surface area contributed by atoms with Crippen LogP contribution in [0.1, 0.15) is 54.6 Å². The Morgan fingerprint density at radius 1 is 0.966 bits per heavy atom. The predicted octanol–water partition coefficient (Wildman–Crippen LogP) is 3.96. The van der Waals surface area contributed by atoms with Gasteiger partial charge in [-0.25, -0.2) is 0 Å². The molecule has 1 heterocycles.